The fourth-order valence-electron chi connectivity index (χ4n) is 2.14. The molecule has 1 fully saturated rings. The van der Waals surface area contributed by atoms with E-state index in [1.807, 2.05) is 6.92 Å². The Morgan fingerprint density at radius 3 is 3.00 bits per heavy atom. The molecule has 0 bridgehead atoms. The third-order valence-electron chi connectivity index (χ3n) is 3.05. The molecule has 0 N–H and O–H groups in total. The number of alkyl halides is 1. The smallest absolute Gasteiger partial charge is 0.183 e. The van der Waals surface area contributed by atoms with E-state index in [9.17, 15) is 9.18 Å². The first kappa shape index (κ1) is 13.9. The van der Waals surface area contributed by atoms with E-state index in [0.717, 1.165) is 24.5 Å². The number of aromatic nitrogens is 1. The van der Waals surface area contributed by atoms with Crippen LogP contribution in [-0.4, -0.2) is 41.5 Å². The van der Waals surface area contributed by atoms with E-state index in [4.69, 9.17) is 11.6 Å². The van der Waals surface area contributed by atoms with Gasteiger partial charge in [-0.3, -0.25) is 4.79 Å². The van der Waals surface area contributed by atoms with Crippen molar-refractivity contribution < 1.29 is 9.18 Å². The Bertz CT molecular complexity index is 438. The van der Waals surface area contributed by atoms with Gasteiger partial charge in [0.1, 0.15) is 16.2 Å². The molecule has 0 saturated carbocycles. The topological polar surface area (TPSA) is 33.2 Å². The molecule has 2 rings (SSSR count). The predicted octanol–water partition coefficient (Wildman–Crippen LogP) is 3.11. The van der Waals surface area contributed by atoms with Crippen LogP contribution in [0.3, 0.4) is 0 Å². The maximum Gasteiger partial charge on any atom is 0.183 e. The highest BCUT2D eigenvalue weighted by Gasteiger charge is 2.21. The number of halogens is 2. The zero-order valence-corrected chi connectivity index (χ0v) is 11.9. The molecule has 1 aliphatic heterocycles. The lowest BCUT2D eigenvalue weighted by Gasteiger charge is -2.13. The molecule has 2 heterocycles. The summed E-state index contributed by atoms with van der Waals surface area (Å²) in [5.41, 5.74) is 0.393. The molecule has 1 unspecified atom stereocenters. The summed E-state index contributed by atoms with van der Waals surface area (Å²) < 4.78 is 13.4. The molecule has 0 spiro atoms. The van der Waals surface area contributed by atoms with Crippen LogP contribution in [0.2, 0.25) is 4.34 Å². The third kappa shape index (κ3) is 3.49. The SMILES string of the molecule is Cc1nc(C(=O)CCCN2CCC(F)C2)c(Cl)s1. The Labute approximate surface area is 115 Å². The van der Waals surface area contributed by atoms with E-state index in [0.29, 0.717) is 29.4 Å². The average molecular weight is 291 g/mol. The number of ketones is 1. The van der Waals surface area contributed by atoms with Crippen LogP contribution in [0.25, 0.3) is 0 Å². The second-order valence-corrected chi connectivity index (χ2v) is 6.37. The third-order valence-corrected chi connectivity index (χ3v) is 4.22. The highest BCUT2D eigenvalue weighted by atomic mass is 35.5. The summed E-state index contributed by atoms with van der Waals surface area (Å²) >= 11 is 7.27. The molecule has 6 heteroatoms. The lowest BCUT2D eigenvalue weighted by Crippen LogP contribution is -2.22. The molecule has 0 amide bonds. The van der Waals surface area contributed by atoms with Crippen LogP contribution in [0.5, 0.6) is 0 Å². The van der Waals surface area contributed by atoms with Crippen molar-refractivity contribution in [3.63, 3.8) is 0 Å². The molecule has 3 nitrogen and oxygen atoms in total. The molecule has 100 valence electrons. The lowest BCUT2D eigenvalue weighted by atomic mass is 10.2. The number of likely N-dealkylation sites (tertiary alicyclic amines) is 1. The summed E-state index contributed by atoms with van der Waals surface area (Å²) in [7, 11) is 0. The van der Waals surface area contributed by atoms with Crippen LogP contribution in [0.15, 0.2) is 0 Å². The van der Waals surface area contributed by atoms with Gasteiger partial charge >= 0.3 is 0 Å². The van der Waals surface area contributed by atoms with Gasteiger partial charge in [-0.05, 0) is 26.3 Å². The molecular weight excluding hydrogens is 275 g/mol. The quantitative estimate of drug-likeness (QED) is 0.781. The van der Waals surface area contributed by atoms with Gasteiger partial charge in [-0.25, -0.2) is 9.37 Å². The van der Waals surface area contributed by atoms with Crippen molar-refractivity contribution in [1.82, 2.24) is 9.88 Å². The van der Waals surface area contributed by atoms with E-state index in [2.05, 4.69) is 9.88 Å². The van der Waals surface area contributed by atoms with Gasteiger partial charge in [-0.15, -0.1) is 11.3 Å². The summed E-state index contributed by atoms with van der Waals surface area (Å²) in [6.45, 7) is 3.91. The molecule has 1 atom stereocenters. The Morgan fingerprint density at radius 2 is 2.44 bits per heavy atom. The van der Waals surface area contributed by atoms with Crippen molar-refractivity contribution in [1.29, 1.82) is 0 Å². The Balaban J connectivity index is 1.77. The van der Waals surface area contributed by atoms with E-state index >= 15 is 0 Å². The van der Waals surface area contributed by atoms with Gasteiger partial charge in [0.25, 0.3) is 0 Å². The maximum atomic E-state index is 12.9. The number of thiazole rings is 1. The zero-order valence-electron chi connectivity index (χ0n) is 10.3. The first-order valence-electron chi connectivity index (χ1n) is 6.09. The number of aryl methyl sites for hydroxylation is 1. The summed E-state index contributed by atoms with van der Waals surface area (Å²) in [5.74, 6) is -0.0136. The summed E-state index contributed by atoms with van der Waals surface area (Å²) in [6, 6.07) is 0. The number of carbonyl (C=O) groups excluding carboxylic acids is 1. The number of Topliss-reactive ketones (excluding diaryl/α,β-unsaturated/α-hetero) is 1. The second-order valence-electron chi connectivity index (χ2n) is 4.57. The van der Waals surface area contributed by atoms with Crippen LogP contribution in [0, 0.1) is 6.92 Å². The minimum Gasteiger partial charge on any atom is -0.300 e. The highest BCUT2D eigenvalue weighted by molar-refractivity contribution is 7.16. The Morgan fingerprint density at radius 1 is 1.67 bits per heavy atom. The van der Waals surface area contributed by atoms with Crippen molar-refractivity contribution in [2.75, 3.05) is 19.6 Å². The van der Waals surface area contributed by atoms with Crippen molar-refractivity contribution in [3.05, 3.63) is 15.0 Å². The summed E-state index contributed by atoms with van der Waals surface area (Å²) in [6.07, 6.45) is 1.08. The minimum atomic E-state index is -0.698. The van der Waals surface area contributed by atoms with Crippen LogP contribution < -0.4 is 0 Å². The van der Waals surface area contributed by atoms with Crippen LogP contribution >= 0.6 is 22.9 Å². The van der Waals surface area contributed by atoms with Crippen molar-refractivity contribution >= 4 is 28.7 Å². The van der Waals surface area contributed by atoms with Gasteiger partial charge in [0.15, 0.2) is 5.78 Å². The molecule has 18 heavy (non-hydrogen) atoms. The average Bonchev–Trinajstić information content (AvgIpc) is 2.85. The van der Waals surface area contributed by atoms with Crippen molar-refractivity contribution in [2.24, 2.45) is 0 Å². The largest absolute Gasteiger partial charge is 0.300 e. The fraction of sp³-hybridized carbons (Fsp3) is 0.667. The standard InChI is InChI=1S/C12H16ClFN2OS/c1-8-15-11(12(13)18-8)10(17)3-2-5-16-6-4-9(14)7-16/h9H,2-7H2,1H3. The molecule has 1 aliphatic rings. The Hall–Kier alpha value is -0.520. The molecule has 1 saturated heterocycles. The van der Waals surface area contributed by atoms with Gasteiger partial charge in [0.2, 0.25) is 0 Å². The van der Waals surface area contributed by atoms with Crippen LogP contribution in [0.4, 0.5) is 4.39 Å². The molecular formula is C12H16ClFN2OS. The Kier molecular flexibility index (Phi) is 4.70. The molecule has 1 aromatic rings. The number of hydrogen-bond donors (Lipinski definition) is 0. The summed E-state index contributed by atoms with van der Waals surface area (Å²) in [5, 5.41) is 0.808. The number of carbonyl (C=O) groups is 1. The normalized spacial score (nSPS) is 20.5. The zero-order chi connectivity index (χ0) is 13.1. The number of nitrogens with zero attached hydrogens (tertiary/aromatic N) is 2. The highest BCUT2D eigenvalue weighted by Crippen LogP contribution is 2.25. The van der Waals surface area contributed by atoms with Crippen molar-refractivity contribution in [2.45, 2.75) is 32.4 Å². The van der Waals surface area contributed by atoms with E-state index < -0.39 is 6.17 Å². The van der Waals surface area contributed by atoms with Crippen LogP contribution in [0.1, 0.15) is 34.8 Å². The number of hydrogen-bond acceptors (Lipinski definition) is 4. The monoisotopic (exact) mass is 290 g/mol. The maximum absolute atomic E-state index is 12.9. The fourth-order valence-corrected chi connectivity index (χ4v) is 3.28. The second kappa shape index (κ2) is 6.08. The van der Waals surface area contributed by atoms with Gasteiger partial charge in [0, 0.05) is 19.5 Å². The summed E-state index contributed by atoms with van der Waals surface area (Å²) in [4.78, 5) is 18.1. The van der Waals surface area contributed by atoms with Gasteiger partial charge in [0.05, 0.1) is 5.01 Å². The van der Waals surface area contributed by atoms with E-state index in [1.54, 1.807) is 0 Å². The first-order chi connectivity index (χ1) is 8.56. The van der Waals surface area contributed by atoms with E-state index in [1.165, 1.54) is 11.3 Å². The first-order valence-corrected chi connectivity index (χ1v) is 7.28. The molecule has 0 aliphatic carbocycles. The van der Waals surface area contributed by atoms with Crippen LogP contribution in [-0.2, 0) is 0 Å². The number of rotatable bonds is 5. The minimum absolute atomic E-state index is 0.0136. The van der Waals surface area contributed by atoms with Crippen molar-refractivity contribution in [3.8, 4) is 0 Å². The lowest BCUT2D eigenvalue weighted by molar-refractivity contribution is 0.0971. The molecule has 0 radical (unpaired) electrons. The molecule has 0 aromatic carbocycles. The van der Waals surface area contributed by atoms with Gasteiger partial charge in [-0.1, -0.05) is 11.6 Å². The van der Waals surface area contributed by atoms with E-state index in [-0.39, 0.29) is 5.78 Å². The molecule has 1 aromatic heterocycles. The van der Waals surface area contributed by atoms with Gasteiger partial charge < -0.3 is 4.90 Å². The predicted molar refractivity (Wildman–Crippen MR) is 71.4 cm³/mol. The van der Waals surface area contributed by atoms with Gasteiger partial charge in [-0.2, -0.15) is 0 Å².